The number of unbranched alkanes of at least 4 members (excludes halogenated alkanes) is 18. The molecule has 0 aromatic heterocycles. The number of carbonyl (C=O) groups is 5. The van der Waals surface area contributed by atoms with Crippen LogP contribution in [-0.4, -0.2) is 103 Å². The predicted molar refractivity (Wildman–Crippen MR) is 313 cm³/mol. The van der Waals surface area contributed by atoms with Crippen LogP contribution in [0, 0.1) is 0 Å². The van der Waals surface area contributed by atoms with Gasteiger partial charge in [0.15, 0.2) is 12.3 Å². The van der Waals surface area contributed by atoms with E-state index in [0.29, 0.717) is 18.4 Å². The second-order valence-electron chi connectivity index (χ2n) is 22.5. The number of aliphatic hydroxyl groups is 1. The lowest BCUT2D eigenvalue weighted by molar-refractivity contribution is -0.283. The summed E-state index contributed by atoms with van der Waals surface area (Å²) in [5.74, 6) is -2.48. The number of esters is 2. The van der Waals surface area contributed by atoms with Crippen LogP contribution >= 0.6 is 0 Å². The Labute approximate surface area is 484 Å². The molecule has 0 saturated carbocycles. The Morgan fingerprint density at radius 3 is 1.67 bits per heavy atom. The van der Waals surface area contributed by atoms with Gasteiger partial charge in [-0.2, -0.15) is 0 Å². The normalized spacial score (nSPS) is 17.8. The molecule has 0 spiro atoms. The van der Waals surface area contributed by atoms with Crippen LogP contribution in [0.15, 0.2) is 91.0 Å². The maximum Gasteiger partial charge on any atom is 0.408 e. The van der Waals surface area contributed by atoms with Gasteiger partial charge in [0.25, 0.3) is 0 Å². The zero-order chi connectivity index (χ0) is 58.3. The Hall–Kier alpha value is -5.39. The molecule has 3 amide bonds. The third-order valence-electron chi connectivity index (χ3n) is 14.1. The first-order valence-corrected chi connectivity index (χ1v) is 30.4. The maximum atomic E-state index is 14.5. The van der Waals surface area contributed by atoms with Crippen molar-refractivity contribution in [3.8, 4) is 0 Å². The molecule has 0 unspecified atom stereocenters. The van der Waals surface area contributed by atoms with Gasteiger partial charge in [-0.05, 0) is 56.7 Å². The van der Waals surface area contributed by atoms with E-state index >= 15 is 0 Å². The van der Waals surface area contributed by atoms with E-state index in [4.69, 9.17) is 33.2 Å². The van der Waals surface area contributed by atoms with Crippen molar-refractivity contribution in [1.82, 2.24) is 16.0 Å². The molecule has 0 radical (unpaired) electrons. The van der Waals surface area contributed by atoms with E-state index in [1.165, 1.54) is 77.0 Å². The van der Waals surface area contributed by atoms with Gasteiger partial charge in [-0.3, -0.25) is 14.4 Å². The molecule has 16 nitrogen and oxygen atoms in total. The molecule has 0 aliphatic carbocycles. The Balaban J connectivity index is 1.56. The Kier molecular flexibility index (Phi) is 34.3. The van der Waals surface area contributed by atoms with E-state index < -0.39 is 85.4 Å². The van der Waals surface area contributed by atoms with Crippen LogP contribution in [0.3, 0.4) is 0 Å². The topological polar surface area (TPSA) is 206 Å². The summed E-state index contributed by atoms with van der Waals surface area (Å²) in [6.45, 7) is 8.52. The molecule has 1 aliphatic rings. The largest absolute Gasteiger partial charge is 0.462 e. The van der Waals surface area contributed by atoms with Crippen molar-refractivity contribution in [3.05, 3.63) is 108 Å². The average molecular weight is 1130 g/mol. The van der Waals surface area contributed by atoms with Crippen LogP contribution in [0.2, 0.25) is 0 Å². The summed E-state index contributed by atoms with van der Waals surface area (Å²) >= 11 is 0. The molecular formula is C65H99N3O13. The minimum absolute atomic E-state index is 0.0720. The van der Waals surface area contributed by atoms with Crippen LogP contribution in [0.5, 0.6) is 0 Å². The van der Waals surface area contributed by atoms with Crippen LogP contribution in [-0.2, 0) is 72.2 Å². The maximum absolute atomic E-state index is 14.5. The van der Waals surface area contributed by atoms with Crippen molar-refractivity contribution >= 4 is 29.8 Å². The van der Waals surface area contributed by atoms with Crippen molar-refractivity contribution in [1.29, 1.82) is 0 Å². The highest BCUT2D eigenvalue weighted by molar-refractivity contribution is 5.87. The number of amides is 3. The van der Waals surface area contributed by atoms with Gasteiger partial charge in [0, 0.05) is 6.42 Å². The second kappa shape index (κ2) is 40.7. The van der Waals surface area contributed by atoms with E-state index in [9.17, 15) is 29.1 Å². The number of rotatable bonds is 42. The van der Waals surface area contributed by atoms with E-state index in [1.54, 1.807) is 45.0 Å². The number of nitrogens with one attached hydrogen (secondary N) is 3. The molecule has 1 heterocycles. The minimum atomic E-state index is -1.47. The third kappa shape index (κ3) is 30.5. The number of benzene rings is 3. The Morgan fingerprint density at radius 1 is 0.617 bits per heavy atom. The fourth-order valence-corrected chi connectivity index (χ4v) is 9.61. The molecule has 1 fully saturated rings. The SMILES string of the molecule is CCCCCCCCCCCCCC(=O)O[C@H](CCCCCCCCCCC)CC(=O)N[C@H]1[C@H](OC[C@H](NC(=O)CNC(=O)OC(C)(C)C)C(=O)OCc2ccccc2)O[C@H](COCc2ccccc2)[C@@H](OCc2ccccc2)[C@@H]1O. The molecule has 452 valence electrons. The fraction of sp³-hybridized carbons (Fsp3) is 0.646. The van der Waals surface area contributed by atoms with Gasteiger partial charge in [-0.1, -0.05) is 220 Å². The van der Waals surface area contributed by atoms with Crippen molar-refractivity contribution in [2.45, 2.75) is 251 Å². The van der Waals surface area contributed by atoms with E-state index in [1.807, 2.05) is 66.7 Å². The first-order valence-electron chi connectivity index (χ1n) is 30.4. The lowest BCUT2D eigenvalue weighted by atomic mass is 9.96. The summed E-state index contributed by atoms with van der Waals surface area (Å²) < 4.78 is 42.7. The van der Waals surface area contributed by atoms with Gasteiger partial charge in [0.05, 0.1) is 32.8 Å². The van der Waals surface area contributed by atoms with Crippen LogP contribution in [0.25, 0.3) is 0 Å². The van der Waals surface area contributed by atoms with Crippen molar-refractivity contribution in [2.75, 3.05) is 19.8 Å². The van der Waals surface area contributed by atoms with Gasteiger partial charge in [-0.25, -0.2) is 9.59 Å². The summed E-state index contributed by atoms with van der Waals surface area (Å²) in [7, 11) is 0. The zero-order valence-corrected chi connectivity index (χ0v) is 49.6. The van der Waals surface area contributed by atoms with Gasteiger partial charge in [0.1, 0.15) is 49.2 Å². The number of hydrogen-bond donors (Lipinski definition) is 4. The number of alkyl carbamates (subject to hydrolysis) is 1. The Morgan fingerprint density at radius 2 is 1.12 bits per heavy atom. The highest BCUT2D eigenvalue weighted by atomic mass is 16.7. The molecule has 3 aromatic carbocycles. The van der Waals surface area contributed by atoms with E-state index in [2.05, 4.69) is 29.8 Å². The van der Waals surface area contributed by atoms with Crippen molar-refractivity contribution in [2.24, 2.45) is 0 Å². The summed E-state index contributed by atoms with van der Waals surface area (Å²) in [6.07, 6.45) is 16.7. The zero-order valence-electron chi connectivity index (χ0n) is 49.6. The summed E-state index contributed by atoms with van der Waals surface area (Å²) in [5, 5.41) is 20.5. The standard InChI is InChI=1S/C65H99N3O13/c1-6-8-10-12-14-16-17-19-21-23-34-42-58(71)79-53(41-33-22-20-18-15-13-11-9-7-2)43-56(69)68-59-60(72)61(76-46-51-37-29-25-30-38-51)55(49-75-45-50-35-27-24-28-36-50)80-63(59)78-48-54(62(73)77-47-52-39-31-26-32-40-52)67-57(70)44-66-64(74)81-65(3,4)5/h24-32,35-40,53-55,59-61,63,72H,6-23,33-34,41-49H2,1-5H3,(H,66,74)(H,67,70)(H,68,69)/t53-,54+,55-,59-,60-,61-,63-/m1/s1. The number of ether oxygens (including phenoxy) is 7. The first-order chi connectivity index (χ1) is 39.2. The lowest BCUT2D eigenvalue weighted by Gasteiger charge is -2.44. The summed E-state index contributed by atoms with van der Waals surface area (Å²) in [4.78, 5) is 67.7. The highest BCUT2D eigenvalue weighted by Crippen LogP contribution is 2.28. The molecule has 7 atom stereocenters. The van der Waals surface area contributed by atoms with Crippen LogP contribution < -0.4 is 16.0 Å². The third-order valence-corrected chi connectivity index (χ3v) is 14.1. The molecule has 1 saturated heterocycles. The van der Waals surface area contributed by atoms with Crippen LogP contribution in [0.1, 0.15) is 199 Å². The van der Waals surface area contributed by atoms with Gasteiger partial charge < -0.3 is 54.2 Å². The molecule has 16 heteroatoms. The quantitative estimate of drug-likeness (QED) is 0.0237. The molecule has 1 aliphatic heterocycles. The lowest BCUT2D eigenvalue weighted by Crippen LogP contribution is -2.66. The molecule has 4 rings (SSSR count). The van der Waals surface area contributed by atoms with Gasteiger partial charge >= 0.3 is 18.0 Å². The summed E-state index contributed by atoms with van der Waals surface area (Å²) in [6, 6.07) is 25.2. The Bertz CT molecular complexity index is 2160. The summed E-state index contributed by atoms with van der Waals surface area (Å²) in [5.41, 5.74) is 1.60. The average Bonchev–Trinajstić information content (AvgIpc) is 3.53. The van der Waals surface area contributed by atoms with Gasteiger partial charge in [-0.15, -0.1) is 0 Å². The molecule has 0 bridgehead atoms. The predicted octanol–water partition coefficient (Wildman–Crippen LogP) is 12.1. The smallest absolute Gasteiger partial charge is 0.408 e. The monoisotopic (exact) mass is 1130 g/mol. The highest BCUT2D eigenvalue weighted by Gasteiger charge is 2.48. The molecule has 4 N–H and O–H groups in total. The van der Waals surface area contributed by atoms with E-state index in [-0.39, 0.29) is 45.2 Å². The number of aliphatic hydroxyl groups excluding tert-OH is 1. The van der Waals surface area contributed by atoms with Crippen LogP contribution in [0.4, 0.5) is 4.79 Å². The number of carbonyl (C=O) groups excluding carboxylic acids is 5. The van der Waals surface area contributed by atoms with Crippen molar-refractivity contribution < 1.29 is 62.2 Å². The van der Waals surface area contributed by atoms with E-state index in [0.717, 1.165) is 56.1 Å². The fourth-order valence-electron chi connectivity index (χ4n) is 9.61. The second-order valence-corrected chi connectivity index (χ2v) is 22.5. The van der Waals surface area contributed by atoms with Crippen molar-refractivity contribution in [3.63, 3.8) is 0 Å². The first kappa shape index (κ1) is 68.1. The number of hydrogen-bond acceptors (Lipinski definition) is 13. The van der Waals surface area contributed by atoms with Gasteiger partial charge in [0.2, 0.25) is 11.8 Å². The molecule has 3 aromatic rings. The minimum Gasteiger partial charge on any atom is -0.462 e. The molecule has 81 heavy (non-hydrogen) atoms. The molecular weight excluding hydrogens is 1030 g/mol.